The third-order valence-electron chi connectivity index (χ3n) is 4.04. The fourth-order valence-corrected chi connectivity index (χ4v) is 3.82. The lowest BCUT2D eigenvalue weighted by atomic mass is 10.2. The largest absolute Gasteiger partial charge is 0.486 e. The summed E-state index contributed by atoms with van der Waals surface area (Å²) in [6, 6.07) is 9.39. The standard InChI is InChI=1S/C18H20BrN3O5S/c1-22(2)28(24,25)13-5-3-12(4-6-13)11-20-18(23)21-15-10-17-16(9-14(15)19)26-7-8-27-17/h3-6,9-10H,7-8,11H2,1-2H3,(H2,20,21,23). The van der Waals surface area contributed by atoms with E-state index >= 15 is 0 Å². The average Bonchev–Trinajstić information content (AvgIpc) is 2.67. The summed E-state index contributed by atoms with van der Waals surface area (Å²) in [5, 5.41) is 5.48. The Hall–Kier alpha value is -2.30. The van der Waals surface area contributed by atoms with Crippen LogP contribution < -0.4 is 20.1 Å². The highest BCUT2D eigenvalue weighted by Crippen LogP contribution is 2.38. The number of ether oxygens (including phenoxy) is 2. The molecule has 1 heterocycles. The van der Waals surface area contributed by atoms with Crippen LogP contribution in [0.4, 0.5) is 10.5 Å². The van der Waals surface area contributed by atoms with Crippen molar-refractivity contribution in [1.29, 1.82) is 0 Å². The number of nitrogens with zero attached hydrogens (tertiary/aromatic N) is 1. The van der Waals surface area contributed by atoms with Crippen molar-refractivity contribution in [3.05, 3.63) is 46.4 Å². The molecule has 150 valence electrons. The van der Waals surface area contributed by atoms with Crippen molar-refractivity contribution in [2.45, 2.75) is 11.4 Å². The number of carbonyl (C=O) groups excluding carboxylic acids is 1. The molecular formula is C18H20BrN3O5S. The van der Waals surface area contributed by atoms with Crippen molar-refractivity contribution < 1.29 is 22.7 Å². The van der Waals surface area contributed by atoms with Gasteiger partial charge in [-0.15, -0.1) is 0 Å². The summed E-state index contributed by atoms with van der Waals surface area (Å²) in [7, 11) is -0.517. The predicted molar refractivity (Wildman–Crippen MR) is 108 cm³/mol. The summed E-state index contributed by atoms with van der Waals surface area (Å²) in [6.07, 6.45) is 0. The third kappa shape index (κ3) is 4.57. The zero-order chi connectivity index (χ0) is 20.3. The first-order chi connectivity index (χ1) is 13.3. The van der Waals surface area contributed by atoms with Gasteiger partial charge in [-0.3, -0.25) is 0 Å². The van der Waals surface area contributed by atoms with Gasteiger partial charge in [-0.05, 0) is 33.6 Å². The van der Waals surface area contributed by atoms with Crippen LogP contribution >= 0.6 is 15.9 Å². The van der Waals surface area contributed by atoms with E-state index in [1.54, 1.807) is 24.3 Å². The summed E-state index contributed by atoms with van der Waals surface area (Å²) in [6.45, 7) is 1.19. The summed E-state index contributed by atoms with van der Waals surface area (Å²) < 4.78 is 37.0. The summed E-state index contributed by atoms with van der Waals surface area (Å²) >= 11 is 3.40. The number of hydrogen-bond donors (Lipinski definition) is 2. The maximum atomic E-state index is 12.2. The van der Waals surface area contributed by atoms with Gasteiger partial charge in [0.2, 0.25) is 10.0 Å². The van der Waals surface area contributed by atoms with Crippen molar-refractivity contribution in [2.24, 2.45) is 0 Å². The second kappa shape index (κ2) is 8.38. The molecule has 2 aromatic carbocycles. The van der Waals surface area contributed by atoms with Gasteiger partial charge < -0.3 is 20.1 Å². The molecule has 2 amide bonds. The van der Waals surface area contributed by atoms with Crippen molar-refractivity contribution >= 4 is 37.7 Å². The van der Waals surface area contributed by atoms with Gasteiger partial charge in [-0.1, -0.05) is 12.1 Å². The molecule has 0 atom stereocenters. The molecule has 1 aliphatic rings. The number of amides is 2. The number of fused-ring (bicyclic) bond motifs is 1. The van der Waals surface area contributed by atoms with Gasteiger partial charge in [0.15, 0.2) is 11.5 Å². The van der Waals surface area contributed by atoms with Gasteiger partial charge in [-0.2, -0.15) is 0 Å². The van der Waals surface area contributed by atoms with Crippen LogP contribution in [0.5, 0.6) is 11.5 Å². The highest BCUT2D eigenvalue weighted by Gasteiger charge is 2.17. The minimum Gasteiger partial charge on any atom is -0.486 e. The van der Waals surface area contributed by atoms with Gasteiger partial charge in [-0.25, -0.2) is 17.5 Å². The number of hydrogen-bond acceptors (Lipinski definition) is 5. The van der Waals surface area contributed by atoms with Gasteiger partial charge in [0.1, 0.15) is 13.2 Å². The normalized spacial score (nSPS) is 13.3. The van der Waals surface area contributed by atoms with E-state index in [9.17, 15) is 13.2 Å². The van der Waals surface area contributed by atoms with Crippen LogP contribution in [-0.2, 0) is 16.6 Å². The lowest BCUT2D eigenvalue weighted by Gasteiger charge is -2.20. The highest BCUT2D eigenvalue weighted by molar-refractivity contribution is 9.10. The zero-order valence-corrected chi connectivity index (χ0v) is 17.8. The predicted octanol–water partition coefficient (Wildman–Crippen LogP) is 2.79. The molecule has 0 radical (unpaired) electrons. The lowest BCUT2D eigenvalue weighted by Crippen LogP contribution is -2.28. The van der Waals surface area contributed by atoms with Crippen LogP contribution in [0.15, 0.2) is 45.8 Å². The van der Waals surface area contributed by atoms with E-state index in [4.69, 9.17) is 9.47 Å². The van der Waals surface area contributed by atoms with Gasteiger partial charge in [0, 0.05) is 37.2 Å². The van der Waals surface area contributed by atoms with Crippen molar-refractivity contribution in [3.8, 4) is 11.5 Å². The SMILES string of the molecule is CN(C)S(=O)(=O)c1ccc(CNC(=O)Nc2cc3c(cc2Br)OCCO3)cc1. The quantitative estimate of drug-likeness (QED) is 0.701. The van der Waals surface area contributed by atoms with Crippen LogP contribution in [-0.4, -0.2) is 46.1 Å². The first-order valence-electron chi connectivity index (χ1n) is 8.43. The molecule has 2 aromatic rings. The Bertz CT molecular complexity index is 977. The Morgan fingerprint density at radius 3 is 2.32 bits per heavy atom. The Kier molecular flexibility index (Phi) is 6.11. The number of carbonyl (C=O) groups is 1. The van der Waals surface area contributed by atoms with Gasteiger partial charge >= 0.3 is 6.03 Å². The molecule has 0 unspecified atom stereocenters. The van der Waals surface area contributed by atoms with Crippen LogP contribution in [0.25, 0.3) is 0 Å². The monoisotopic (exact) mass is 469 g/mol. The van der Waals surface area contributed by atoms with E-state index in [0.29, 0.717) is 34.9 Å². The molecule has 0 aliphatic carbocycles. The summed E-state index contributed by atoms with van der Waals surface area (Å²) in [5.74, 6) is 1.19. The molecule has 0 fully saturated rings. The van der Waals surface area contributed by atoms with Crippen molar-refractivity contribution in [1.82, 2.24) is 9.62 Å². The molecule has 0 aromatic heterocycles. The number of nitrogens with one attached hydrogen (secondary N) is 2. The molecule has 3 rings (SSSR count). The second-order valence-electron chi connectivity index (χ2n) is 6.21. The molecule has 8 nitrogen and oxygen atoms in total. The first kappa shape index (κ1) is 20.4. The zero-order valence-electron chi connectivity index (χ0n) is 15.4. The summed E-state index contributed by atoms with van der Waals surface area (Å²) in [4.78, 5) is 12.4. The molecule has 2 N–H and O–H groups in total. The number of halogens is 1. The van der Waals surface area contributed by atoms with E-state index in [1.165, 1.54) is 26.2 Å². The molecule has 0 saturated heterocycles. The molecule has 28 heavy (non-hydrogen) atoms. The average molecular weight is 470 g/mol. The highest BCUT2D eigenvalue weighted by atomic mass is 79.9. The van der Waals surface area contributed by atoms with Crippen molar-refractivity contribution in [3.63, 3.8) is 0 Å². The smallest absolute Gasteiger partial charge is 0.319 e. The maximum Gasteiger partial charge on any atom is 0.319 e. The van der Waals surface area contributed by atoms with Crippen LogP contribution in [0.3, 0.4) is 0 Å². The first-order valence-corrected chi connectivity index (χ1v) is 10.7. The topological polar surface area (TPSA) is 97.0 Å². The van der Waals surface area contributed by atoms with E-state index in [-0.39, 0.29) is 11.4 Å². The fraction of sp³-hybridized carbons (Fsp3) is 0.278. The molecule has 0 saturated carbocycles. The number of urea groups is 1. The molecule has 0 spiro atoms. The Morgan fingerprint density at radius 1 is 1.11 bits per heavy atom. The Balaban J connectivity index is 1.60. The number of anilines is 1. The van der Waals surface area contributed by atoms with Crippen LogP contribution in [0.2, 0.25) is 0 Å². The minimum absolute atomic E-state index is 0.200. The van der Waals surface area contributed by atoms with Gasteiger partial charge in [0.05, 0.1) is 10.6 Å². The van der Waals surface area contributed by atoms with E-state index in [1.807, 2.05) is 0 Å². The number of sulfonamides is 1. The third-order valence-corrected chi connectivity index (χ3v) is 6.52. The van der Waals surface area contributed by atoms with Crippen LogP contribution in [0, 0.1) is 0 Å². The molecular weight excluding hydrogens is 450 g/mol. The van der Waals surface area contributed by atoms with Crippen LogP contribution in [0.1, 0.15) is 5.56 Å². The molecule has 0 bridgehead atoms. The molecule has 1 aliphatic heterocycles. The number of benzene rings is 2. The lowest BCUT2D eigenvalue weighted by molar-refractivity contribution is 0.171. The summed E-state index contributed by atoms with van der Waals surface area (Å²) in [5.41, 5.74) is 1.32. The number of rotatable bonds is 5. The van der Waals surface area contributed by atoms with E-state index in [0.717, 1.165) is 9.87 Å². The second-order valence-corrected chi connectivity index (χ2v) is 9.22. The van der Waals surface area contributed by atoms with E-state index in [2.05, 4.69) is 26.6 Å². The fourth-order valence-electron chi connectivity index (χ4n) is 2.50. The van der Waals surface area contributed by atoms with E-state index < -0.39 is 16.1 Å². The van der Waals surface area contributed by atoms with Gasteiger partial charge in [0.25, 0.3) is 0 Å². The molecule has 10 heteroatoms. The van der Waals surface area contributed by atoms with Crippen molar-refractivity contribution in [2.75, 3.05) is 32.6 Å². The Labute approximate surface area is 172 Å². The maximum absolute atomic E-state index is 12.2. The Morgan fingerprint density at radius 2 is 1.71 bits per heavy atom. The minimum atomic E-state index is -3.47.